The Balaban J connectivity index is 1.41. The molecule has 0 bridgehead atoms. The fourth-order valence-electron chi connectivity index (χ4n) is 2.52. The van der Waals surface area contributed by atoms with Crippen molar-refractivity contribution in [2.24, 2.45) is 0 Å². The van der Waals surface area contributed by atoms with Crippen LogP contribution in [0.4, 0.5) is 5.69 Å². The number of anilines is 1. The van der Waals surface area contributed by atoms with Crippen molar-refractivity contribution in [3.63, 3.8) is 0 Å². The van der Waals surface area contributed by atoms with E-state index < -0.39 is 0 Å². The van der Waals surface area contributed by atoms with E-state index in [2.05, 4.69) is 57.4 Å². The predicted octanol–water partition coefficient (Wildman–Crippen LogP) is 4.21. The number of para-hydroxylation sites is 1. The molecule has 1 saturated carbocycles. The monoisotopic (exact) mass is 286 g/mol. The van der Waals surface area contributed by atoms with Crippen LogP contribution in [0, 0.1) is 0 Å². The lowest BCUT2D eigenvalue weighted by Crippen LogP contribution is -2.27. The van der Waals surface area contributed by atoms with Gasteiger partial charge in [-0.25, -0.2) is 0 Å². The molecule has 2 aromatic rings. The van der Waals surface area contributed by atoms with Gasteiger partial charge in [0.1, 0.15) is 0 Å². The minimum atomic E-state index is 0.839. The van der Waals surface area contributed by atoms with Crippen LogP contribution in [0.3, 0.4) is 0 Å². The number of rotatable bonds is 8. The summed E-state index contributed by atoms with van der Waals surface area (Å²) in [5, 5.41) is 7.95. The van der Waals surface area contributed by atoms with Gasteiger partial charge in [-0.1, -0.05) is 18.2 Å². The molecule has 0 amide bonds. The Hall–Kier alpha value is -1.32. The Morgan fingerprint density at radius 3 is 2.70 bits per heavy atom. The van der Waals surface area contributed by atoms with Gasteiger partial charge in [-0.2, -0.15) is 11.3 Å². The first-order valence-electron chi connectivity index (χ1n) is 7.46. The molecule has 2 nitrogen and oxygen atoms in total. The van der Waals surface area contributed by atoms with Crippen molar-refractivity contribution >= 4 is 17.0 Å². The highest BCUT2D eigenvalue weighted by Gasteiger charge is 2.28. The minimum Gasteiger partial charge on any atom is -0.385 e. The van der Waals surface area contributed by atoms with E-state index >= 15 is 0 Å². The molecule has 1 aliphatic carbocycles. The third kappa shape index (κ3) is 4.09. The van der Waals surface area contributed by atoms with Gasteiger partial charge in [0.05, 0.1) is 0 Å². The molecular weight excluding hydrogens is 264 g/mol. The lowest BCUT2D eigenvalue weighted by molar-refractivity contribution is 0.254. The summed E-state index contributed by atoms with van der Waals surface area (Å²) in [6.45, 7) is 3.37. The molecule has 0 spiro atoms. The SMILES string of the molecule is c1ccc(NCCCN(Cc2ccsc2)C2CC2)cc1. The molecule has 3 rings (SSSR count). The van der Waals surface area contributed by atoms with Crippen molar-refractivity contribution in [1.82, 2.24) is 4.90 Å². The van der Waals surface area contributed by atoms with E-state index in [4.69, 9.17) is 0 Å². The third-order valence-electron chi connectivity index (χ3n) is 3.75. The van der Waals surface area contributed by atoms with Gasteiger partial charge in [-0.15, -0.1) is 0 Å². The molecule has 3 heteroatoms. The van der Waals surface area contributed by atoms with Crippen LogP contribution < -0.4 is 5.32 Å². The fourth-order valence-corrected chi connectivity index (χ4v) is 3.18. The van der Waals surface area contributed by atoms with Crippen LogP contribution in [-0.2, 0) is 6.54 Å². The highest BCUT2D eigenvalue weighted by molar-refractivity contribution is 7.07. The molecule has 20 heavy (non-hydrogen) atoms. The predicted molar refractivity (Wildman–Crippen MR) is 87.3 cm³/mol. The number of hydrogen-bond donors (Lipinski definition) is 1. The summed E-state index contributed by atoms with van der Waals surface area (Å²) in [6, 6.07) is 13.6. The van der Waals surface area contributed by atoms with Gasteiger partial charge in [0.2, 0.25) is 0 Å². The van der Waals surface area contributed by atoms with Gasteiger partial charge in [-0.05, 0) is 53.8 Å². The van der Waals surface area contributed by atoms with E-state index in [1.165, 1.54) is 37.1 Å². The van der Waals surface area contributed by atoms with E-state index in [0.29, 0.717) is 0 Å². The van der Waals surface area contributed by atoms with Crippen LogP contribution in [0.1, 0.15) is 24.8 Å². The first-order chi connectivity index (χ1) is 9.92. The van der Waals surface area contributed by atoms with E-state index in [0.717, 1.165) is 19.1 Å². The van der Waals surface area contributed by atoms with Crippen LogP contribution in [0.2, 0.25) is 0 Å². The smallest absolute Gasteiger partial charge is 0.0340 e. The zero-order valence-corrected chi connectivity index (χ0v) is 12.6. The second-order valence-electron chi connectivity index (χ2n) is 5.48. The van der Waals surface area contributed by atoms with Gasteiger partial charge in [-0.3, -0.25) is 4.90 Å². The maximum Gasteiger partial charge on any atom is 0.0340 e. The van der Waals surface area contributed by atoms with Crippen molar-refractivity contribution in [2.75, 3.05) is 18.4 Å². The molecular formula is C17H22N2S. The average molecular weight is 286 g/mol. The van der Waals surface area contributed by atoms with Crippen LogP contribution in [-0.4, -0.2) is 24.0 Å². The van der Waals surface area contributed by atoms with Crippen molar-refractivity contribution < 1.29 is 0 Å². The molecule has 0 atom stereocenters. The van der Waals surface area contributed by atoms with Crippen LogP contribution in [0.25, 0.3) is 0 Å². The highest BCUT2D eigenvalue weighted by Crippen LogP contribution is 2.28. The standard InChI is InChI=1S/C17H22N2S/c1-2-5-16(6-3-1)18-10-4-11-19(17-7-8-17)13-15-9-12-20-14-15/h1-3,5-6,9,12,14,17-18H,4,7-8,10-11,13H2. The van der Waals surface area contributed by atoms with Crippen LogP contribution in [0.15, 0.2) is 47.2 Å². The van der Waals surface area contributed by atoms with Crippen molar-refractivity contribution in [3.05, 3.63) is 52.7 Å². The van der Waals surface area contributed by atoms with Gasteiger partial charge in [0.25, 0.3) is 0 Å². The number of nitrogens with zero attached hydrogens (tertiary/aromatic N) is 1. The largest absolute Gasteiger partial charge is 0.385 e. The maximum absolute atomic E-state index is 3.49. The minimum absolute atomic E-state index is 0.839. The Bertz CT molecular complexity index is 491. The summed E-state index contributed by atoms with van der Waals surface area (Å²) in [5.74, 6) is 0. The molecule has 0 radical (unpaired) electrons. The molecule has 1 aliphatic rings. The molecule has 0 saturated heterocycles. The molecule has 0 aliphatic heterocycles. The van der Waals surface area contributed by atoms with E-state index in [1.807, 2.05) is 0 Å². The number of hydrogen-bond acceptors (Lipinski definition) is 3. The van der Waals surface area contributed by atoms with Gasteiger partial charge < -0.3 is 5.32 Å². The average Bonchev–Trinajstić information content (AvgIpc) is 3.21. The summed E-state index contributed by atoms with van der Waals surface area (Å²) >= 11 is 1.80. The Labute approximate surface area is 125 Å². The summed E-state index contributed by atoms with van der Waals surface area (Å²) < 4.78 is 0. The summed E-state index contributed by atoms with van der Waals surface area (Å²) in [7, 11) is 0. The first-order valence-corrected chi connectivity index (χ1v) is 8.40. The summed E-state index contributed by atoms with van der Waals surface area (Å²) in [4.78, 5) is 2.65. The van der Waals surface area contributed by atoms with Gasteiger partial charge in [0, 0.05) is 31.4 Å². The Kier molecular flexibility index (Phi) is 4.72. The molecule has 106 valence electrons. The molecule has 1 heterocycles. The summed E-state index contributed by atoms with van der Waals surface area (Å²) in [5.41, 5.74) is 2.70. The first kappa shape index (κ1) is 13.7. The van der Waals surface area contributed by atoms with Gasteiger partial charge in [0.15, 0.2) is 0 Å². The number of benzene rings is 1. The van der Waals surface area contributed by atoms with Crippen LogP contribution in [0.5, 0.6) is 0 Å². The van der Waals surface area contributed by atoms with Crippen molar-refractivity contribution in [2.45, 2.75) is 31.8 Å². The highest BCUT2D eigenvalue weighted by atomic mass is 32.1. The topological polar surface area (TPSA) is 15.3 Å². The molecule has 1 fully saturated rings. The molecule has 1 aromatic carbocycles. The molecule has 1 aromatic heterocycles. The van der Waals surface area contributed by atoms with E-state index in [-0.39, 0.29) is 0 Å². The molecule has 0 unspecified atom stereocenters. The van der Waals surface area contributed by atoms with Crippen LogP contribution >= 0.6 is 11.3 Å². The lowest BCUT2D eigenvalue weighted by atomic mass is 10.2. The lowest BCUT2D eigenvalue weighted by Gasteiger charge is -2.21. The number of thiophene rings is 1. The Morgan fingerprint density at radius 2 is 2.00 bits per heavy atom. The molecule has 1 N–H and O–H groups in total. The van der Waals surface area contributed by atoms with Crippen molar-refractivity contribution in [1.29, 1.82) is 0 Å². The normalized spacial score (nSPS) is 14.7. The second-order valence-corrected chi connectivity index (χ2v) is 6.26. The summed E-state index contributed by atoms with van der Waals surface area (Å²) in [6.07, 6.45) is 3.97. The fraction of sp³-hybridized carbons (Fsp3) is 0.412. The quantitative estimate of drug-likeness (QED) is 0.731. The third-order valence-corrected chi connectivity index (χ3v) is 4.49. The van der Waals surface area contributed by atoms with Gasteiger partial charge >= 0.3 is 0 Å². The maximum atomic E-state index is 3.49. The van der Waals surface area contributed by atoms with E-state index in [9.17, 15) is 0 Å². The van der Waals surface area contributed by atoms with Crippen molar-refractivity contribution in [3.8, 4) is 0 Å². The second kappa shape index (κ2) is 6.91. The Morgan fingerprint density at radius 1 is 1.15 bits per heavy atom. The zero-order valence-electron chi connectivity index (χ0n) is 11.8. The number of nitrogens with one attached hydrogen (secondary N) is 1. The van der Waals surface area contributed by atoms with E-state index in [1.54, 1.807) is 11.3 Å². The zero-order chi connectivity index (χ0) is 13.6.